The van der Waals surface area contributed by atoms with Gasteiger partial charge in [0.05, 0.1) is 30.8 Å². The Morgan fingerprint density at radius 2 is 1.85 bits per heavy atom. The molecule has 11 heteroatoms. The van der Waals surface area contributed by atoms with Crippen LogP contribution in [-0.2, 0) is 14.4 Å². The van der Waals surface area contributed by atoms with Crippen LogP contribution in [0.5, 0.6) is 5.75 Å². The molecule has 1 aliphatic rings. The predicted molar refractivity (Wildman–Crippen MR) is 144 cm³/mol. The van der Waals surface area contributed by atoms with E-state index in [0.717, 1.165) is 19.3 Å². The number of aliphatic hydroxyl groups is 3. The van der Waals surface area contributed by atoms with E-state index in [1.807, 2.05) is 12.2 Å². The van der Waals surface area contributed by atoms with Crippen molar-refractivity contribution in [3.8, 4) is 5.75 Å². The lowest BCUT2D eigenvalue weighted by Gasteiger charge is -2.19. The number of hydrogen-bond donors (Lipinski definition) is 5. The molecule has 2 rings (SSSR count). The minimum atomic E-state index is -0.871. The third-order valence-electron chi connectivity index (χ3n) is 6.52. The van der Waals surface area contributed by atoms with Crippen molar-refractivity contribution in [3.63, 3.8) is 0 Å². The van der Waals surface area contributed by atoms with Gasteiger partial charge in [-0.25, -0.2) is 0 Å². The summed E-state index contributed by atoms with van der Waals surface area (Å²) in [6.07, 6.45) is 10.7. The summed E-state index contributed by atoms with van der Waals surface area (Å²) < 4.78 is 10.8. The number of ether oxygens (including phenoxy) is 2. The van der Waals surface area contributed by atoms with Crippen molar-refractivity contribution < 1.29 is 44.8 Å². The number of unbranched alkanes of at least 4 members (excludes halogenated alkanes) is 4. The molecule has 1 fully saturated rings. The summed E-state index contributed by atoms with van der Waals surface area (Å²) in [5, 5.41) is 48.1. The maximum Gasteiger partial charge on any atom is 0.305 e. The van der Waals surface area contributed by atoms with Crippen LogP contribution in [0.25, 0.3) is 0 Å². The molecule has 1 aliphatic carbocycles. The summed E-state index contributed by atoms with van der Waals surface area (Å²) in [4.78, 5) is 16.3. The lowest BCUT2D eigenvalue weighted by molar-refractivity contribution is -0.492. The van der Waals surface area contributed by atoms with Crippen LogP contribution >= 0.6 is 11.6 Å². The molecule has 0 saturated heterocycles. The summed E-state index contributed by atoms with van der Waals surface area (Å²) >= 11 is 5.93. The Hall–Kier alpha value is -2.02. The highest BCUT2D eigenvalue weighted by Gasteiger charge is 2.39. The standard InChI is InChI=1S/C28H42ClNO9/c29-21-10-9-11-23(18-21)38-20-22(31)14-15-25-24(26(32)19-27(25)33)12-5-1-2-6-13-28(34)37-16-7-3-4-8-17-39-30(35)36/h1,5,9-11,14-15,18,22,24-27,31-33,35-36H,2-4,6-8,12-13,16-17,19-20H2/b5-1-,15-14+/t22-,24-,25-,26+,27-/m1/s1. The average molecular weight is 572 g/mol. The van der Waals surface area contributed by atoms with Crippen molar-refractivity contribution in [1.29, 1.82) is 0 Å². The van der Waals surface area contributed by atoms with Gasteiger partial charge in [-0.3, -0.25) is 20.0 Å². The molecule has 220 valence electrons. The molecule has 0 amide bonds. The molecule has 39 heavy (non-hydrogen) atoms. The highest BCUT2D eigenvalue weighted by Crippen LogP contribution is 2.36. The number of carbonyl (C=O) groups excluding carboxylic acids is 1. The van der Waals surface area contributed by atoms with Crippen molar-refractivity contribution in [2.75, 3.05) is 19.8 Å². The fourth-order valence-electron chi connectivity index (χ4n) is 4.45. The van der Waals surface area contributed by atoms with Gasteiger partial charge >= 0.3 is 5.97 Å². The van der Waals surface area contributed by atoms with Crippen LogP contribution in [0.1, 0.15) is 57.8 Å². The van der Waals surface area contributed by atoms with Gasteiger partial charge in [0, 0.05) is 23.8 Å². The number of halogens is 1. The van der Waals surface area contributed by atoms with Gasteiger partial charge in [0.1, 0.15) is 18.5 Å². The van der Waals surface area contributed by atoms with Crippen LogP contribution in [0.4, 0.5) is 0 Å². The molecule has 0 aromatic heterocycles. The second-order valence-corrected chi connectivity index (χ2v) is 10.1. The highest BCUT2D eigenvalue weighted by atomic mass is 35.5. The maximum absolute atomic E-state index is 11.9. The molecule has 0 unspecified atom stereocenters. The first-order valence-corrected chi connectivity index (χ1v) is 13.9. The normalized spacial score (nSPS) is 22.2. The molecule has 10 nitrogen and oxygen atoms in total. The SMILES string of the molecule is O=C(CCC/C=C\C[C@@H]1[C@@H](/C=C/[C@@H](O)COc2cccc(Cl)c2)[C@H](O)C[C@@H]1O)OCCCCCCON(O)O. The minimum Gasteiger partial charge on any atom is -0.491 e. The van der Waals surface area contributed by atoms with E-state index >= 15 is 0 Å². The highest BCUT2D eigenvalue weighted by molar-refractivity contribution is 6.30. The summed E-state index contributed by atoms with van der Waals surface area (Å²) in [5.41, 5.74) is 0. The van der Waals surface area contributed by atoms with Gasteiger partial charge in [-0.15, -0.1) is 0 Å². The second-order valence-electron chi connectivity index (χ2n) is 9.65. The lowest BCUT2D eigenvalue weighted by Crippen LogP contribution is -2.21. The van der Waals surface area contributed by atoms with Crippen LogP contribution in [0.15, 0.2) is 48.6 Å². The zero-order valence-electron chi connectivity index (χ0n) is 22.2. The van der Waals surface area contributed by atoms with Gasteiger partial charge in [0.15, 0.2) is 0 Å². The van der Waals surface area contributed by atoms with E-state index in [-0.39, 0.29) is 42.8 Å². The summed E-state index contributed by atoms with van der Waals surface area (Å²) in [6.45, 7) is 0.613. The number of esters is 1. The molecule has 1 aromatic carbocycles. The van der Waals surface area contributed by atoms with Crippen molar-refractivity contribution in [1.82, 2.24) is 5.39 Å². The molecule has 5 atom stereocenters. The first kappa shape index (κ1) is 33.2. The van der Waals surface area contributed by atoms with E-state index in [1.54, 1.807) is 36.4 Å². The Morgan fingerprint density at radius 1 is 1.08 bits per heavy atom. The lowest BCUT2D eigenvalue weighted by atomic mass is 9.89. The quantitative estimate of drug-likeness (QED) is 0.0706. The molecule has 1 saturated carbocycles. The first-order chi connectivity index (χ1) is 18.8. The number of benzene rings is 1. The Labute approximate surface area is 234 Å². The molecular formula is C28H42ClNO9. The summed E-state index contributed by atoms with van der Waals surface area (Å²) in [7, 11) is 0. The predicted octanol–water partition coefficient (Wildman–Crippen LogP) is 4.23. The largest absolute Gasteiger partial charge is 0.491 e. The Kier molecular flexibility index (Phi) is 16.3. The van der Waals surface area contributed by atoms with Crippen LogP contribution in [-0.4, -0.2) is 75.2 Å². The van der Waals surface area contributed by atoms with Gasteiger partial charge in [0.2, 0.25) is 0 Å². The molecule has 0 spiro atoms. The fourth-order valence-corrected chi connectivity index (χ4v) is 4.63. The van der Waals surface area contributed by atoms with E-state index in [2.05, 4.69) is 4.84 Å². The van der Waals surface area contributed by atoms with Crippen molar-refractivity contribution in [3.05, 3.63) is 53.6 Å². The molecule has 0 heterocycles. The number of hydrogen-bond acceptors (Lipinski definition) is 10. The van der Waals surface area contributed by atoms with Gasteiger partial charge in [-0.1, -0.05) is 48.4 Å². The molecule has 0 radical (unpaired) electrons. The Morgan fingerprint density at radius 3 is 2.59 bits per heavy atom. The topological polar surface area (TPSA) is 149 Å². The zero-order chi connectivity index (χ0) is 28.5. The van der Waals surface area contributed by atoms with E-state index in [9.17, 15) is 20.1 Å². The van der Waals surface area contributed by atoms with Gasteiger partial charge in [-0.05, 0) is 62.6 Å². The smallest absolute Gasteiger partial charge is 0.305 e. The van der Waals surface area contributed by atoms with E-state index < -0.39 is 18.3 Å². The van der Waals surface area contributed by atoms with E-state index in [1.165, 1.54) is 0 Å². The van der Waals surface area contributed by atoms with Gasteiger partial charge in [0.25, 0.3) is 0 Å². The monoisotopic (exact) mass is 571 g/mol. The van der Waals surface area contributed by atoms with Crippen LogP contribution in [0, 0.1) is 11.8 Å². The molecule has 1 aromatic rings. The van der Waals surface area contributed by atoms with E-state index in [0.29, 0.717) is 49.5 Å². The second kappa shape index (κ2) is 19.1. The third kappa shape index (κ3) is 14.3. The number of allylic oxidation sites excluding steroid dienone is 2. The third-order valence-corrected chi connectivity index (χ3v) is 6.76. The molecule has 0 aliphatic heterocycles. The number of carbonyl (C=O) groups is 1. The van der Waals surface area contributed by atoms with Crippen molar-refractivity contribution in [2.24, 2.45) is 11.8 Å². The Balaban J connectivity index is 1.60. The summed E-state index contributed by atoms with van der Waals surface area (Å²) in [5.74, 6) is -0.134. The van der Waals surface area contributed by atoms with Crippen LogP contribution < -0.4 is 4.74 Å². The zero-order valence-corrected chi connectivity index (χ0v) is 22.9. The molecule has 5 N–H and O–H groups in total. The van der Waals surface area contributed by atoms with Gasteiger partial charge in [-0.2, -0.15) is 0 Å². The Bertz CT molecular complexity index is 882. The minimum absolute atomic E-state index is 0.0421. The van der Waals surface area contributed by atoms with Gasteiger partial charge < -0.3 is 24.8 Å². The van der Waals surface area contributed by atoms with Crippen molar-refractivity contribution >= 4 is 17.6 Å². The van der Waals surface area contributed by atoms with Crippen LogP contribution in [0.3, 0.4) is 0 Å². The van der Waals surface area contributed by atoms with Crippen molar-refractivity contribution in [2.45, 2.75) is 76.1 Å². The fraction of sp³-hybridized carbons (Fsp3) is 0.607. The number of nitrogens with zero attached hydrogens (tertiary/aromatic N) is 1. The first-order valence-electron chi connectivity index (χ1n) is 13.5. The maximum atomic E-state index is 11.9. The molecule has 0 bridgehead atoms. The van der Waals surface area contributed by atoms with E-state index in [4.69, 9.17) is 31.5 Å². The van der Waals surface area contributed by atoms with Crippen LogP contribution in [0.2, 0.25) is 5.02 Å². The summed E-state index contributed by atoms with van der Waals surface area (Å²) in [6, 6.07) is 6.91. The molecular weight excluding hydrogens is 530 g/mol. The average Bonchev–Trinajstić information content (AvgIpc) is 3.16. The number of aliphatic hydroxyl groups excluding tert-OH is 3. The number of rotatable bonds is 19.